The minimum Gasteiger partial charge on any atom is -0.268 e. The molecule has 1 aliphatic carbocycles. The second-order valence-corrected chi connectivity index (χ2v) is 4.14. The Hall–Kier alpha value is -1.90. The Balaban J connectivity index is 2.32. The van der Waals surface area contributed by atoms with Gasteiger partial charge in [-0.1, -0.05) is 24.3 Å². The normalized spacial score (nSPS) is 13.1. The molecule has 0 saturated carbocycles. The molecule has 0 saturated heterocycles. The Labute approximate surface area is 93.4 Å². The fourth-order valence-electron chi connectivity index (χ4n) is 2.23. The number of aryl methyl sites for hydroxylation is 3. The van der Waals surface area contributed by atoms with Gasteiger partial charge in [-0.15, -0.1) is 0 Å². The summed E-state index contributed by atoms with van der Waals surface area (Å²) in [5, 5.41) is 4.36. The van der Waals surface area contributed by atoms with Crippen LogP contribution in [0.1, 0.15) is 11.1 Å². The van der Waals surface area contributed by atoms with Crippen LogP contribution >= 0.6 is 0 Å². The van der Waals surface area contributed by atoms with E-state index in [4.69, 9.17) is 0 Å². The molecule has 0 spiro atoms. The van der Waals surface area contributed by atoms with Crippen molar-refractivity contribution >= 4 is 0 Å². The first-order valence-electron chi connectivity index (χ1n) is 5.41. The van der Waals surface area contributed by atoms with Gasteiger partial charge in [0.15, 0.2) is 0 Å². The van der Waals surface area contributed by atoms with Crippen LogP contribution in [0.25, 0.3) is 11.3 Å². The van der Waals surface area contributed by atoms with Crippen molar-refractivity contribution < 1.29 is 0 Å². The fourth-order valence-corrected chi connectivity index (χ4v) is 2.23. The summed E-state index contributed by atoms with van der Waals surface area (Å²) < 4.78 is 1.40. The zero-order valence-corrected chi connectivity index (χ0v) is 9.10. The molecular weight excluding hydrogens is 200 g/mol. The molecule has 0 fully saturated rings. The lowest BCUT2D eigenvalue weighted by Gasteiger charge is -2.18. The number of aromatic nitrogens is 2. The van der Waals surface area contributed by atoms with E-state index in [0.717, 1.165) is 24.1 Å². The van der Waals surface area contributed by atoms with Crippen LogP contribution in [0.2, 0.25) is 0 Å². The lowest BCUT2D eigenvalue weighted by atomic mass is 9.90. The number of hydrogen-bond acceptors (Lipinski definition) is 2. The van der Waals surface area contributed by atoms with E-state index in [1.54, 1.807) is 13.1 Å². The maximum Gasteiger partial charge on any atom is 0.266 e. The summed E-state index contributed by atoms with van der Waals surface area (Å²) in [6, 6.07) is 9.97. The van der Waals surface area contributed by atoms with E-state index in [2.05, 4.69) is 17.2 Å². The summed E-state index contributed by atoms with van der Waals surface area (Å²) in [5.41, 5.74) is 4.49. The number of nitrogens with zero attached hydrogens (tertiary/aromatic N) is 2. The number of rotatable bonds is 0. The van der Waals surface area contributed by atoms with Gasteiger partial charge in [0.1, 0.15) is 0 Å². The molecule has 3 nitrogen and oxygen atoms in total. The van der Waals surface area contributed by atoms with Crippen LogP contribution in [0.15, 0.2) is 35.1 Å². The molecule has 2 aromatic rings. The molecule has 1 aromatic carbocycles. The van der Waals surface area contributed by atoms with Crippen molar-refractivity contribution in [3.63, 3.8) is 0 Å². The Kier molecular flexibility index (Phi) is 1.93. The highest BCUT2D eigenvalue weighted by Crippen LogP contribution is 2.30. The van der Waals surface area contributed by atoms with Gasteiger partial charge in [-0.05, 0) is 24.0 Å². The smallest absolute Gasteiger partial charge is 0.266 e. The summed E-state index contributed by atoms with van der Waals surface area (Å²) in [5.74, 6) is 0. The Morgan fingerprint density at radius 2 is 1.94 bits per heavy atom. The molecule has 0 radical (unpaired) electrons. The molecule has 0 unspecified atom stereocenters. The fraction of sp³-hybridized carbons (Fsp3) is 0.231. The average Bonchev–Trinajstić information content (AvgIpc) is 2.31. The average molecular weight is 212 g/mol. The van der Waals surface area contributed by atoms with E-state index >= 15 is 0 Å². The summed E-state index contributed by atoms with van der Waals surface area (Å²) in [6.45, 7) is 0. The molecule has 3 heteroatoms. The van der Waals surface area contributed by atoms with E-state index in [0.29, 0.717) is 0 Å². The van der Waals surface area contributed by atoms with Gasteiger partial charge in [0, 0.05) is 18.7 Å². The molecule has 3 rings (SSSR count). The van der Waals surface area contributed by atoms with Crippen LogP contribution < -0.4 is 5.56 Å². The minimum absolute atomic E-state index is 0.0295. The molecule has 1 aromatic heterocycles. The van der Waals surface area contributed by atoms with E-state index in [1.807, 2.05) is 12.1 Å². The van der Waals surface area contributed by atoms with Gasteiger partial charge in [0.05, 0.1) is 5.69 Å². The van der Waals surface area contributed by atoms with Crippen molar-refractivity contribution in [2.75, 3.05) is 0 Å². The topological polar surface area (TPSA) is 34.9 Å². The third kappa shape index (κ3) is 1.28. The molecule has 80 valence electrons. The first-order chi connectivity index (χ1) is 7.75. The minimum atomic E-state index is -0.0295. The van der Waals surface area contributed by atoms with E-state index in [1.165, 1.54) is 15.8 Å². The van der Waals surface area contributed by atoms with Crippen molar-refractivity contribution in [2.45, 2.75) is 12.8 Å². The summed E-state index contributed by atoms with van der Waals surface area (Å²) in [6.07, 6.45) is 1.91. The van der Waals surface area contributed by atoms with Crippen molar-refractivity contribution in [1.82, 2.24) is 9.78 Å². The van der Waals surface area contributed by atoms with Gasteiger partial charge >= 0.3 is 0 Å². The van der Waals surface area contributed by atoms with E-state index in [-0.39, 0.29) is 5.56 Å². The highest BCUT2D eigenvalue weighted by molar-refractivity contribution is 5.68. The third-order valence-corrected chi connectivity index (χ3v) is 3.11. The second-order valence-electron chi connectivity index (χ2n) is 4.14. The maximum atomic E-state index is 11.5. The number of fused-ring (bicyclic) bond motifs is 3. The first kappa shape index (κ1) is 9.33. The molecule has 16 heavy (non-hydrogen) atoms. The highest BCUT2D eigenvalue weighted by atomic mass is 16.1. The molecule has 0 N–H and O–H groups in total. The van der Waals surface area contributed by atoms with Gasteiger partial charge in [-0.3, -0.25) is 4.79 Å². The van der Waals surface area contributed by atoms with E-state index < -0.39 is 0 Å². The predicted octanol–water partition coefficient (Wildman–Crippen LogP) is 1.55. The number of benzene rings is 1. The molecule has 0 bridgehead atoms. The van der Waals surface area contributed by atoms with Crippen LogP contribution in [-0.2, 0) is 19.9 Å². The Morgan fingerprint density at radius 3 is 2.81 bits per heavy atom. The van der Waals surface area contributed by atoms with Gasteiger partial charge < -0.3 is 0 Å². The van der Waals surface area contributed by atoms with Crippen LogP contribution in [0.3, 0.4) is 0 Å². The molecule has 0 amide bonds. The molecular formula is C13H12N2O. The zero-order valence-electron chi connectivity index (χ0n) is 9.10. The van der Waals surface area contributed by atoms with Crippen molar-refractivity contribution in [2.24, 2.45) is 7.05 Å². The zero-order chi connectivity index (χ0) is 11.1. The maximum absolute atomic E-state index is 11.5. The monoisotopic (exact) mass is 212 g/mol. The molecule has 0 aliphatic heterocycles. The van der Waals surface area contributed by atoms with Crippen molar-refractivity contribution in [3.05, 3.63) is 51.8 Å². The third-order valence-electron chi connectivity index (χ3n) is 3.11. The van der Waals surface area contributed by atoms with Crippen LogP contribution in [-0.4, -0.2) is 9.78 Å². The van der Waals surface area contributed by atoms with Gasteiger partial charge in [0.25, 0.3) is 5.56 Å². The van der Waals surface area contributed by atoms with Crippen LogP contribution in [0.5, 0.6) is 0 Å². The number of hydrogen-bond donors (Lipinski definition) is 0. The molecule has 1 aliphatic rings. The van der Waals surface area contributed by atoms with Gasteiger partial charge in [0.2, 0.25) is 0 Å². The SMILES string of the molecule is Cn1nc2c(cc1=O)CCc1ccccc1-2. The summed E-state index contributed by atoms with van der Waals surface area (Å²) >= 11 is 0. The quantitative estimate of drug-likeness (QED) is 0.664. The van der Waals surface area contributed by atoms with Crippen LogP contribution in [0.4, 0.5) is 0 Å². The summed E-state index contributed by atoms with van der Waals surface area (Å²) in [4.78, 5) is 11.5. The largest absolute Gasteiger partial charge is 0.268 e. The van der Waals surface area contributed by atoms with Crippen molar-refractivity contribution in [3.8, 4) is 11.3 Å². The molecule has 0 atom stereocenters. The standard InChI is InChI=1S/C13H12N2O/c1-15-12(16)8-10-7-6-9-4-2-3-5-11(9)13(10)14-15/h2-5,8H,6-7H2,1H3. The lowest BCUT2D eigenvalue weighted by molar-refractivity contribution is 0.698. The Bertz CT molecular complexity index is 614. The Morgan fingerprint density at radius 1 is 1.19 bits per heavy atom. The molecule has 1 heterocycles. The first-order valence-corrected chi connectivity index (χ1v) is 5.41. The summed E-state index contributed by atoms with van der Waals surface area (Å²) in [7, 11) is 1.69. The van der Waals surface area contributed by atoms with Crippen LogP contribution in [0, 0.1) is 0 Å². The van der Waals surface area contributed by atoms with Gasteiger partial charge in [-0.2, -0.15) is 5.10 Å². The van der Waals surface area contributed by atoms with Crippen molar-refractivity contribution in [1.29, 1.82) is 0 Å². The highest BCUT2D eigenvalue weighted by Gasteiger charge is 2.17. The van der Waals surface area contributed by atoms with Gasteiger partial charge in [-0.25, -0.2) is 4.68 Å². The van der Waals surface area contributed by atoms with E-state index in [9.17, 15) is 4.79 Å². The predicted molar refractivity (Wildman–Crippen MR) is 62.3 cm³/mol. The lowest BCUT2D eigenvalue weighted by Crippen LogP contribution is -2.22. The second kappa shape index (κ2) is 3.30.